The standard InChI is InChI=1S/C23H21ClN2O/c1-16-14-21(25-19-10-6-3-7-11-19)20-15-18(24)12-13-22(20)26(16)23(27)17-8-4-2-5-9-17/h2-13,15-16,21,25H,14H2,1H3/t16-,21-/m0/s1. The van der Waals surface area contributed by atoms with Crippen LogP contribution in [0.4, 0.5) is 11.4 Å². The van der Waals surface area contributed by atoms with E-state index in [0.29, 0.717) is 10.6 Å². The van der Waals surface area contributed by atoms with E-state index in [1.165, 1.54) is 0 Å². The van der Waals surface area contributed by atoms with Crippen molar-refractivity contribution in [2.75, 3.05) is 10.2 Å². The molecule has 3 aromatic rings. The predicted molar refractivity (Wildman–Crippen MR) is 112 cm³/mol. The number of halogens is 1. The van der Waals surface area contributed by atoms with Crippen LogP contribution >= 0.6 is 11.6 Å². The lowest BCUT2D eigenvalue weighted by atomic mass is 9.90. The number of nitrogens with zero attached hydrogens (tertiary/aromatic N) is 1. The van der Waals surface area contributed by atoms with Crippen LogP contribution in [0.2, 0.25) is 5.02 Å². The molecule has 0 radical (unpaired) electrons. The number of rotatable bonds is 3. The Morgan fingerprint density at radius 3 is 2.37 bits per heavy atom. The highest BCUT2D eigenvalue weighted by Gasteiger charge is 2.34. The van der Waals surface area contributed by atoms with Crippen molar-refractivity contribution in [2.45, 2.75) is 25.4 Å². The molecule has 0 fully saturated rings. The zero-order valence-electron chi connectivity index (χ0n) is 15.1. The second-order valence-corrected chi connectivity index (χ2v) is 7.33. The summed E-state index contributed by atoms with van der Waals surface area (Å²) < 4.78 is 0. The lowest BCUT2D eigenvalue weighted by Gasteiger charge is -2.40. The fourth-order valence-corrected chi connectivity index (χ4v) is 3.92. The van der Waals surface area contributed by atoms with Gasteiger partial charge in [-0.15, -0.1) is 0 Å². The minimum atomic E-state index is 0.0184. The van der Waals surface area contributed by atoms with E-state index in [2.05, 4.69) is 24.4 Å². The molecule has 27 heavy (non-hydrogen) atoms. The predicted octanol–water partition coefficient (Wildman–Crippen LogP) is 5.93. The molecule has 0 saturated carbocycles. The molecule has 0 bridgehead atoms. The molecule has 4 rings (SSSR count). The van der Waals surface area contributed by atoms with Gasteiger partial charge in [0.1, 0.15) is 0 Å². The molecule has 136 valence electrons. The molecule has 1 amide bonds. The molecule has 0 saturated heterocycles. The van der Waals surface area contributed by atoms with E-state index in [1.54, 1.807) is 0 Å². The van der Waals surface area contributed by atoms with Gasteiger partial charge in [0.2, 0.25) is 0 Å². The Hall–Kier alpha value is -2.78. The number of amides is 1. The quantitative estimate of drug-likeness (QED) is 0.614. The zero-order valence-corrected chi connectivity index (χ0v) is 15.9. The molecule has 0 aliphatic carbocycles. The Morgan fingerprint density at radius 1 is 1.00 bits per heavy atom. The van der Waals surface area contributed by atoms with Gasteiger partial charge in [0, 0.05) is 28.0 Å². The van der Waals surface area contributed by atoms with Crippen molar-refractivity contribution >= 4 is 28.9 Å². The fourth-order valence-electron chi connectivity index (χ4n) is 3.74. The van der Waals surface area contributed by atoms with Crippen molar-refractivity contribution in [2.24, 2.45) is 0 Å². The van der Waals surface area contributed by atoms with E-state index in [4.69, 9.17) is 11.6 Å². The third-order valence-corrected chi connectivity index (χ3v) is 5.23. The average Bonchev–Trinajstić information content (AvgIpc) is 2.69. The molecule has 0 aromatic heterocycles. The number of benzene rings is 3. The van der Waals surface area contributed by atoms with Crippen LogP contribution in [0.5, 0.6) is 0 Å². The molecule has 3 aromatic carbocycles. The smallest absolute Gasteiger partial charge is 0.258 e. The van der Waals surface area contributed by atoms with Gasteiger partial charge in [-0.1, -0.05) is 48.0 Å². The van der Waals surface area contributed by atoms with Crippen LogP contribution < -0.4 is 10.2 Å². The maximum absolute atomic E-state index is 13.2. The van der Waals surface area contributed by atoms with Crippen LogP contribution in [0.15, 0.2) is 78.9 Å². The third-order valence-electron chi connectivity index (χ3n) is 5.00. The Labute approximate surface area is 164 Å². The summed E-state index contributed by atoms with van der Waals surface area (Å²) in [4.78, 5) is 15.1. The SMILES string of the molecule is C[C@H]1C[C@H](Nc2ccccc2)c2cc(Cl)ccc2N1C(=O)c1ccccc1. The summed E-state index contributed by atoms with van der Waals surface area (Å²) in [6.45, 7) is 2.10. The number of para-hydroxylation sites is 1. The van der Waals surface area contributed by atoms with Crippen LogP contribution in [-0.2, 0) is 0 Å². The van der Waals surface area contributed by atoms with E-state index in [-0.39, 0.29) is 18.0 Å². The Bertz CT molecular complexity index is 943. The van der Waals surface area contributed by atoms with Crippen LogP contribution in [0.1, 0.15) is 35.3 Å². The zero-order chi connectivity index (χ0) is 18.8. The third kappa shape index (κ3) is 3.56. The van der Waals surface area contributed by atoms with Crippen molar-refractivity contribution in [3.8, 4) is 0 Å². The lowest BCUT2D eigenvalue weighted by Crippen LogP contribution is -2.44. The summed E-state index contributed by atoms with van der Waals surface area (Å²) in [7, 11) is 0. The van der Waals surface area contributed by atoms with Crippen LogP contribution in [0.25, 0.3) is 0 Å². The number of hydrogen-bond acceptors (Lipinski definition) is 2. The number of carbonyl (C=O) groups excluding carboxylic acids is 1. The van der Waals surface area contributed by atoms with Crippen molar-refractivity contribution < 1.29 is 4.79 Å². The maximum atomic E-state index is 13.2. The van der Waals surface area contributed by atoms with Crippen LogP contribution in [0, 0.1) is 0 Å². The monoisotopic (exact) mass is 376 g/mol. The topological polar surface area (TPSA) is 32.3 Å². The molecule has 1 aliphatic rings. The van der Waals surface area contributed by atoms with Gasteiger partial charge in [0.15, 0.2) is 0 Å². The number of anilines is 2. The van der Waals surface area contributed by atoms with E-state index in [9.17, 15) is 4.79 Å². The summed E-state index contributed by atoms with van der Waals surface area (Å²) in [5.41, 5.74) is 3.72. The number of hydrogen-bond donors (Lipinski definition) is 1. The first-order chi connectivity index (χ1) is 13.1. The Kier molecular flexibility index (Phi) is 4.87. The van der Waals surface area contributed by atoms with Gasteiger partial charge in [-0.25, -0.2) is 0 Å². The summed E-state index contributed by atoms with van der Waals surface area (Å²) in [6.07, 6.45) is 0.806. The molecule has 0 unspecified atom stereocenters. The molecule has 3 nitrogen and oxygen atoms in total. The number of fused-ring (bicyclic) bond motifs is 1. The van der Waals surface area contributed by atoms with Gasteiger partial charge in [0.25, 0.3) is 5.91 Å². The Morgan fingerprint density at radius 2 is 1.67 bits per heavy atom. The lowest BCUT2D eigenvalue weighted by molar-refractivity contribution is 0.0974. The van der Waals surface area contributed by atoms with E-state index < -0.39 is 0 Å². The highest BCUT2D eigenvalue weighted by Crippen LogP contribution is 2.40. The first kappa shape index (κ1) is 17.6. The molecule has 1 N–H and O–H groups in total. The van der Waals surface area contributed by atoms with E-state index in [0.717, 1.165) is 23.4 Å². The minimum absolute atomic E-state index is 0.0184. The first-order valence-corrected chi connectivity index (χ1v) is 9.51. The molecule has 2 atom stereocenters. The summed E-state index contributed by atoms with van der Waals surface area (Å²) in [6, 6.07) is 25.5. The van der Waals surface area contributed by atoms with Crippen molar-refractivity contribution in [3.05, 3.63) is 95.0 Å². The molecular formula is C23H21ClN2O. The average molecular weight is 377 g/mol. The first-order valence-electron chi connectivity index (χ1n) is 9.13. The Balaban J connectivity index is 1.73. The van der Waals surface area contributed by atoms with Crippen molar-refractivity contribution in [1.82, 2.24) is 0 Å². The van der Waals surface area contributed by atoms with Gasteiger partial charge in [-0.2, -0.15) is 0 Å². The largest absolute Gasteiger partial charge is 0.378 e. The maximum Gasteiger partial charge on any atom is 0.258 e. The number of nitrogens with one attached hydrogen (secondary N) is 1. The summed E-state index contributed by atoms with van der Waals surface area (Å²) >= 11 is 6.29. The molecule has 0 spiro atoms. The normalized spacial score (nSPS) is 18.7. The van der Waals surface area contributed by atoms with Crippen LogP contribution in [-0.4, -0.2) is 11.9 Å². The summed E-state index contributed by atoms with van der Waals surface area (Å²) in [5, 5.41) is 4.27. The van der Waals surface area contributed by atoms with E-state index in [1.807, 2.05) is 71.6 Å². The van der Waals surface area contributed by atoms with Gasteiger partial charge in [0.05, 0.1) is 6.04 Å². The second kappa shape index (κ2) is 7.45. The van der Waals surface area contributed by atoms with Crippen molar-refractivity contribution in [3.63, 3.8) is 0 Å². The molecule has 1 aliphatic heterocycles. The second-order valence-electron chi connectivity index (χ2n) is 6.89. The van der Waals surface area contributed by atoms with Crippen LogP contribution in [0.3, 0.4) is 0 Å². The van der Waals surface area contributed by atoms with Gasteiger partial charge in [-0.05, 0) is 61.4 Å². The minimum Gasteiger partial charge on any atom is -0.378 e. The number of carbonyl (C=O) groups is 1. The fraction of sp³-hybridized carbons (Fsp3) is 0.174. The molecule has 1 heterocycles. The van der Waals surface area contributed by atoms with Gasteiger partial charge < -0.3 is 10.2 Å². The highest BCUT2D eigenvalue weighted by atomic mass is 35.5. The van der Waals surface area contributed by atoms with Crippen molar-refractivity contribution in [1.29, 1.82) is 0 Å². The molecular weight excluding hydrogens is 356 g/mol. The highest BCUT2D eigenvalue weighted by molar-refractivity contribution is 6.30. The van der Waals surface area contributed by atoms with Gasteiger partial charge in [-0.3, -0.25) is 4.79 Å². The van der Waals surface area contributed by atoms with Gasteiger partial charge >= 0.3 is 0 Å². The summed E-state index contributed by atoms with van der Waals surface area (Å²) in [5.74, 6) is 0.0184. The van der Waals surface area contributed by atoms with E-state index >= 15 is 0 Å². The molecule has 4 heteroatoms.